The number of nitrogens with one attached hydrogen (secondary N) is 1. The smallest absolute Gasteiger partial charge is 0.254 e. The third-order valence-electron chi connectivity index (χ3n) is 3.87. The molecule has 7 nitrogen and oxygen atoms in total. The summed E-state index contributed by atoms with van der Waals surface area (Å²) in [5, 5.41) is 7.53. The first kappa shape index (κ1) is 18.8. The number of ether oxygens (including phenoxy) is 2. The van der Waals surface area contributed by atoms with Crippen molar-refractivity contribution in [3.8, 4) is 22.8 Å². The zero-order chi connectivity index (χ0) is 19.2. The first-order valence-corrected chi connectivity index (χ1v) is 9.34. The number of aromatic nitrogens is 2. The number of benzene rings is 1. The lowest BCUT2D eigenvalue weighted by molar-refractivity contribution is 0.0946. The monoisotopic (exact) mass is 385 g/mol. The van der Waals surface area contributed by atoms with E-state index in [1.807, 2.05) is 18.4 Å². The van der Waals surface area contributed by atoms with E-state index in [1.165, 1.54) is 11.8 Å². The maximum Gasteiger partial charge on any atom is 0.254 e. The second kappa shape index (κ2) is 8.59. The third-order valence-corrected chi connectivity index (χ3v) is 4.58. The van der Waals surface area contributed by atoms with Crippen LogP contribution in [0.25, 0.3) is 11.3 Å². The largest absolute Gasteiger partial charge is 0.493 e. The van der Waals surface area contributed by atoms with E-state index >= 15 is 0 Å². The van der Waals surface area contributed by atoms with Crippen LogP contribution in [0.5, 0.6) is 11.5 Å². The van der Waals surface area contributed by atoms with E-state index in [0.29, 0.717) is 33.5 Å². The van der Waals surface area contributed by atoms with Gasteiger partial charge in [-0.05, 0) is 36.6 Å². The van der Waals surface area contributed by atoms with Crippen LogP contribution in [-0.2, 0) is 6.54 Å². The quantitative estimate of drug-likeness (QED) is 0.624. The summed E-state index contributed by atoms with van der Waals surface area (Å²) < 4.78 is 15.9. The van der Waals surface area contributed by atoms with Crippen LogP contribution in [0, 0.1) is 0 Å². The third kappa shape index (κ3) is 4.22. The fourth-order valence-corrected chi connectivity index (χ4v) is 3.06. The number of carbonyl (C=O) groups is 1. The minimum Gasteiger partial charge on any atom is -0.493 e. The summed E-state index contributed by atoms with van der Waals surface area (Å²) in [4.78, 5) is 16.6. The number of nitrogens with zero attached hydrogens (tertiary/aromatic N) is 2. The Balaban J connectivity index is 1.70. The van der Waals surface area contributed by atoms with Gasteiger partial charge in [0.15, 0.2) is 17.3 Å². The van der Waals surface area contributed by atoms with E-state index in [9.17, 15) is 4.79 Å². The minimum atomic E-state index is -0.205. The van der Waals surface area contributed by atoms with E-state index in [1.54, 1.807) is 44.7 Å². The second-order valence-electron chi connectivity index (χ2n) is 5.50. The van der Waals surface area contributed by atoms with Crippen LogP contribution in [0.2, 0.25) is 0 Å². The summed E-state index contributed by atoms with van der Waals surface area (Å²) in [6.07, 6.45) is 3.54. The average Bonchev–Trinajstić information content (AvgIpc) is 3.20. The van der Waals surface area contributed by atoms with Gasteiger partial charge in [0.1, 0.15) is 10.7 Å². The van der Waals surface area contributed by atoms with Gasteiger partial charge in [-0.2, -0.15) is 0 Å². The molecule has 140 valence electrons. The van der Waals surface area contributed by atoms with Crippen molar-refractivity contribution in [2.45, 2.75) is 11.6 Å². The van der Waals surface area contributed by atoms with Crippen LogP contribution in [0.1, 0.15) is 16.1 Å². The minimum absolute atomic E-state index is 0.205. The molecule has 1 amide bonds. The first-order valence-electron chi connectivity index (χ1n) is 8.11. The van der Waals surface area contributed by atoms with E-state index in [4.69, 9.17) is 14.0 Å². The molecule has 0 unspecified atom stereocenters. The molecule has 0 aliphatic rings. The van der Waals surface area contributed by atoms with Crippen LogP contribution >= 0.6 is 11.8 Å². The van der Waals surface area contributed by atoms with Crippen molar-refractivity contribution < 1.29 is 18.8 Å². The van der Waals surface area contributed by atoms with Crippen LogP contribution in [-0.4, -0.2) is 36.5 Å². The SMILES string of the molecule is COc1ccc(-c2cc(CNC(=O)c3cccnc3SC)no2)cc1OC. The highest BCUT2D eigenvalue weighted by Crippen LogP contribution is 2.32. The summed E-state index contributed by atoms with van der Waals surface area (Å²) >= 11 is 1.43. The molecule has 0 fully saturated rings. The van der Waals surface area contributed by atoms with Crippen molar-refractivity contribution >= 4 is 17.7 Å². The van der Waals surface area contributed by atoms with Gasteiger partial charge in [-0.15, -0.1) is 11.8 Å². The maximum atomic E-state index is 12.4. The van der Waals surface area contributed by atoms with Gasteiger partial charge >= 0.3 is 0 Å². The van der Waals surface area contributed by atoms with Gasteiger partial charge in [0.2, 0.25) is 0 Å². The Morgan fingerprint density at radius 2 is 2.00 bits per heavy atom. The Morgan fingerprint density at radius 1 is 1.19 bits per heavy atom. The Bertz CT molecular complexity index is 942. The van der Waals surface area contributed by atoms with Crippen molar-refractivity contribution in [2.24, 2.45) is 0 Å². The second-order valence-corrected chi connectivity index (χ2v) is 6.29. The summed E-state index contributed by atoms with van der Waals surface area (Å²) in [7, 11) is 3.15. The Hall–Kier alpha value is -3.00. The van der Waals surface area contributed by atoms with Gasteiger partial charge in [0.05, 0.1) is 26.3 Å². The molecule has 0 spiro atoms. The van der Waals surface area contributed by atoms with Crippen molar-refractivity contribution in [3.05, 3.63) is 53.9 Å². The highest BCUT2D eigenvalue weighted by atomic mass is 32.2. The molecule has 3 aromatic rings. The highest BCUT2D eigenvalue weighted by molar-refractivity contribution is 7.98. The number of pyridine rings is 1. The van der Waals surface area contributed by atoms with Crippen LogP contribution in [0.3, 0.4) is 0 Å². The van der Waals surface area contributed by atoms with Gasteiger partial charge in [0.25, 0.3) is 5.91 Å². The Morgan fingerprint density at radius 3 is 2.74 bits per heavy atom. The molecule has 0 aliphatic carbocycles. The van der Waals surface area contributed by atoms with E-state index in [-0.39, 0.29) is 12.5 Å². The predicted octanol–water partition coefficient (Wildman–Crippen LogP) is 3.41. The molecule has 0 atom stereocenters. The molecular formula is C19H19N3O4S. The molecule has 2 heterocycles. The predicted molar refractivity (Wildman–Crippen MR) is 102 cm³/mol. The number of hydrogen-bond acceptors (Lipinski definition) is 7. The van der Waals surface area contributed by atoms with E-state index < -0.39 is 0 Å². The normalized spacial score (nSPS) is 10.5. The molecule has 0 aliphatic heterocycles. The molecular weight excluding hydrogens is 366 g/mol. The standard InChI is InChI=1S/C19H19N3O4S/c1-24-15-7-6-12(9-17(15)25-2)16-10-13(22-26-16)11-21-18(23)14-5-4-8-20-19(14)27-3/h4-10H,11H2,1-3H3,(H,21,23). The zero-order valence-corrected chi connectivity index (χ0v) is 16.0. The van der Waals surface area contributed by atoms with Crippen LogP contribution in [0.15, 0.2) is 52.1 Å². The maximum absolute atomic E-state index is 12.4. The number of amides is 1. The molecule has 3 rings (SSSR count). The Labute approximate surface area is 161 Å². The molecule has 0 saturated carbocycles. The molecule has 0 saturated heterocycles. The van der Waals surface area contributed by atoms with Gasteiger partial charge in [-0.3, -0.25) is 4.79 Å². The van der Waals surface area contributed by atoms with Crippen LogP contribution in [0.4, 0.5) is 0 Å². The van der Waals surface area contributed by atoms with Crippen molar-refractivity contribution in [1.29, 1.82) is 0 Å². The lowest BCUT2D eigenvalue weighted by Gasteiger charge is -2.07. The summed E-state index contributed by atoms with van der Waals surface area (Å²) in [6, 6.07) is 10.7. The number of hydrogen-bond donors (Lipinski definition) is 1. The molecule has 27 heavy (non-hydrogen) atoms. The molecule has 8 heteroatoms. The van der Waals surface area contributed by atoms with Crippen molar-refractivity contribution in [1.82, 2.24) is 15.5 Å². The number of thioether (sulfide) groups is 1. The van der Waals surface area contributed by atoms with E-state index in [0.717, 1.165) is 5.56 Å². The van der Waals surface area contributed by atoms with E-state index in [2.05, 4.69) is 15.5 Å². The Kier molecular flexibility index (Phi) is 5.97. The molecule has 1 N–H and O–H groups in total. The molecule has 2 aromatic heterocycles. The highest BCUT2D eigenvalue weighted by Gasteiger charge is 2.14. The molecule has 1 aromatic carbocycles. The lowest BCUT2D eigenvalue weighted by atomic mass is 10.1. The fourth-order valence-electron chi connectivity index (χ4n) is 2.51. The first-order chi connectivity index (χ1) is 13.2. The van der Waals surface area contributed by atoms with Crippen molar-refractivity contribution in [2.75, 3.05) is 20.5 Å². The molecule has 0 bridgehead atoms. The topological polar surface area (TPSA) is 86.5 Å². The lowest BCUT2D eigenvalue weighted by Crippen LogP contribution is -2.23. The summed E-state index contributed by atoms with van der Waals surface area (Å²) in [5.74, 6) is 1.60. The number of rotatable bonds is 7. The summed E-state index contributed by atoms with van der Waals surface area (Å²) in [5.41, 5.74) is 1.95. The zero-order valence-electron chi connectivity index (χ0n) is 15.2. The van der Waals surface area contributed by atoms with Gasteiger partial charge in [0, 0.05) is 17.8 Å². The van der Waals surface area contributed by atoms with Gasteiger partial charge in [-0.1, -0.05) is 5.16 Å². The molecule has 0 radical (unpaired) electrons. The van der Waals surface area contributed by atoms with Gasteiger partial charge in [-0.25, -0.2) is 4.98 Å². The van der Waals surface area contributed by atoms with Crippen molar-refractivity contribution in [3.63, 3.8) is 0 Å². The van der Waals surface area contributed by atoms with Gasteiger partial charge < -0.3 is 19.3 Å². The van der Waals surface area contributed by atoms with Crippen LogP contribution < -0.4 is 14.8 Å². The fraction of sp³-hybridized carbons (Fsp3) is 0.211. The average molecular weight is 385 g/mol. The number of carbonyl (C=O) groups excluding carboxylic acids is 1. The summed E-state index contributed by atoms with van der Waals surface area (Å²) in [6.45, 7) is 0.248. The number of methoxy groups -OCH3 is 2.